The number of benzene rings is 2. The van der Waals surface area contributed by atoms with Gasteiger partial charge in [0, 0.05) is 18.3 Å². The minimum atomic E-state index is 0.597. The lowest BCUT2D eigenvalue weighted by Crippen LogP contribution is -2.05. The molecule has 0 saturated carbocycles. The van der Waals surface area contributed by atoms with Crippen LogP contribution in [-0.4, -0.2) is 30.8 Å². The van der Waals surface area contributed by atoms with Crippen LogP contribution < -0.4 is 24.8 Å². The van der Waals surface area contributed by atoms with Gasteiger partial charge in [0.2, 0.25) is 0 Å². The first-order valence-electron chi connectivity index (χ1n) is 9.41. The molecule has 0 fully saturated rings. The van der Waals surface area contributed by atoms with Crippen molar-refractivity contribution in [2.45, 2.75) is 20.4 Å². The summed E-state index contributed by atoms with van der Waals surface area (Å²) in [5.74, 6) is 4.38. The molecule has 0 unspecified atom stereocenters. The van der Waals surface area contributed by atoms with Crippen LogP contribution in [0.1, 0.15) is 18.3 Å². The van der Waals surface area contributed by atoms with E-state index in [-0.39, 0.29) is 0 Å². The van der Waals surface area contributed by atoms with Crippen LogP contribution in [0.4, 0.5) is 17.3 Å². The molecule has 0 spiro atoms. The van der Waals surface area contributed by atoms with Crippen LogP contribution in [0.2, 0.25) is 0 Å². The van der Waals surface area contributed by atoms with Gasteiger partial charge in [-0.05, 0) is 55.8 Å². The summed E-state index contributed by atoms with van der Waals surface area (Å²) in [5, 5.41) is 6.64. The van der Waals surface area contributed by atoms with Gasteiger partial charge < -0.3 is 24.8 Å². The number of hydrogen-bond acceptors (Lipinski definition) is 7. The highest BCUT2D eigenvalue weighted by Crippen LogP contribution is 2.28. The van der Waals surface area contributed by atoms with Gasteiger partial charge in [0.15, 0.2) is 11.5 Å². The van der Waals surface area contributed by atoms with Gasteiger partial charge in [-0.25, -0.2) is 9.97 Å². The highest BCUT2D eigenvalue weighted by molar-refractivity contribution is 5.60. The molecule has 0 atom stereocenters. The van der Waals surface area contributed by atoms with Crippen LogP contribution in [0.15, 0.2) is 48.5 Å². The van der Waals surface area contributed by atoms with Crippen LogP contribution in [0.5, 0.6) is 17.2 Å². The fraction of sp³-hybridized carbons (Fsp3) is 0.273. The molecular formula is C22H26N4O3. The van der Waals surface area contributed by atoms with E-state index in [0.29, 0.717) is 30.5 Å². The van der Waals surface area contributed by atoms with Gasteiger partial charge in [0.05, 0.1) is 20.8 Å². The van der Waals surface area contributed by atoms with Gasteiger partial charge >= 0.3 is 0 Å². The fourth-order valence-electron chi connectivity index (χ4n) is 2.85. The van der Waals surface area contributed by atoms with E-state index >= 15 is 0 Å². The van der Waals surface area contributed by atoms with E-state index in [4.69, 9.17) is 14.2 Å². The summed E-state index contributed by atoms with van der Waals surface area (Å²) >= 11 is 0. The predicted molar refractivity (Wildman–Crippen MR) is 115 cm³/mol. The molecule has 152 valence electrons. The topological polar surface area (TPSA) is 77.5 Å². The lowest BCUT2D eigenvalue weighted by molar-refractivity contribution is 0.340. The van der Waals surface area contributed by atoms with Crippen molar-refractivity contribution in [2.75, 3.05) is 31.5 Å². The smallest absolute Gasteiger partial charge is 0.161 e. The SMILES string of the molecule is CCOc1ccc(Nc2cc(NCc3ccc(OC)c(OC)c3)nc(C)n2)cc1. The van der Waals surface area contributed by atoms with E-state index in [1.807, 2.05) is 62.4 Å². The van der Waals surface area contributed by atoms with Crippen LogP contribution in [0.25, 0.3) is 0 Å². The van der Waals surface area contributed by atoms with Gasteiger partial charge in [0.1, 0.15) is 23.2 Å². The third kappa shape index (κ3) is 5.51. The van der Waals surface area contributed by atoms with Crippen molar-refractivity contribution in [2.24, 2.45) is 0 Å². The maximum Gasteiger partial charge on any atom is 0.161 e. The van der Waals surface area contributed by atoms with Crippen LogP contribution in [0.3, 0.4) is 0 Å². The molecule has 0 aliphatic carbocycles. The van der Waals surface area contributed by atoms with Crippen LogP contribution >= 0.6 is 0 Å². The molecule has 1 aromatic heterocycles. The Morgan fingerprint density at radius 3 is 2.28 bits per heavy atom. The summed E-state index contributed by atoms with van der Waals surface area (Å²) < 4.78 is 16.1. The molecule has 0 aliphatic rings. The van der Waals surface area contributed by atoms with E-state index in [2.05, 4.69) is 20.6 Å². The normalized spacial score (nSPS) is 10.3. The number of nitrogens with one attached hydrogen (secondary N) is 2. The second-order valence-electron chi connectivity index (χ2n) is 6.31. The molecular weight excluding hydrogens is 368 g/mol. The summed E-state index contributed by atoms with van der Waals surface area (Å²) in [5.41, 5.74) is 1.98. The average molecular weight is 394 g/mol. The lowest BCUT2D eigenvalue weighted by Gasteiger charge is -2.12. The highest BCUT2D eigenvalue weighted by Gasteiger charge is 2.06. The first-order valence-corrected chi connectivity index (χ1v) is 9.41. The molecule has 0 saturated heterocycles. The number of aryl methyl sites for hydroxylation is 1. The number of hydrogen-bond donors (Lipinski definition) is 2. The van der Waals surface area contributed by atoms with Crippen molar-refractivity contribution in [3.8, 4) is 17.2 Å². The third-order valence-corrected chi connectivity index (χ3v) is 4.20. The zero-order valence-electron chi connectivity index (χ0n) is 17.2. The number of aromatic nitrogens is 2. The second-order valence-corrected chi connectivity index (χ2v) is 6.31. The Bertz CT molecular complexity index is 945. The van der Waals surface area contributed by atoms with Gasteiger partial charge in [-0.3, -0.25) is 0 Å². The van der Waals surface area contributed by atoms with Crippen molar-refractivity contribution >= 4 is 17.3 Å². The third-order valence-electron chi connectivity index (χ3n) is 4.20. The average Bonchev–Trinajstić information content (AvgIpc) is 2.73. The maximum atomic E-state index is 5.47. The van der Waals surface area contributed by atoms with E-state index in [9.17, 15) is 0 Å². The summed E-state index contributed by atoms with van der Waals surface area (Å²) in [6.45, 7) is 5.07. The summed E-state index contributed by atoms with van der Waals surface area (Å²) in [4.78, 5) is 8.93. The van der Waals surface area contributed by atoms with E-state index in [0.717, 1.165) is 28.6 Å². The molecule has 1 heterocycles. The number of ether oxygens (including phenoxy) is 3. The molecule has 2 aromatic carbocycles. The molecule has 3 rings (SSSR count). The molecule has 0 amide bonds. The van der Waals surface area contributed by atoms with Crippen molar-refractivity contribution in [1.29, 1.82) is 0 Å². The molecule has 2 N–H and O–H groups in total. The first-order chi connectivity index (χ1) is 14.1. The Morgan fingerprint density at radius 2 is 1.59 bits per heavy atom. The van der Waals surface area contributed by atoms with Crippen LogP contribution in [0, 0.1) is 6.92 Å². The van der Waals surface area contributed by atoms with E-state index in [1.165, 1.54) is 0 Å². The van der Waals surface area contributed by atoms with E-state index < -0.39 is 0 Å². The molecule has 3 aromatic rings. The Labute approximate surface area is 171 Å². The minimum absolute atomic E-state index is 0.597. The van der Waals surface area contributed by atoms with Gasteiger partial charge in [0.25, 0.3) is 0 Å². The second kappa shape index (κ2) is 9.64. The largest absolute Gasteiger partial charge is 0.494 e. The summed E-state index contributed by atoms with van der Waals surface area (Å²) in [6, 6.07) is 15.5. The fourth-order valence-corrected chi connectivity index (χ4v) is 2.85. The number of anilines is 3. The van der Waals surface area contributed by atoms with Crippen molar-refractivity contribution in [3.63, 3.8) is 0 Å². The predicted octanol–water partition coefficient (Wildman–Crippen LogP) is 4.56. The monoisotopic (exact) mass is 394 g/mol. The number of methoxy groups -OCH3 is 2. The Morgan fingerprint density at radius 1 is 0.862 bits per heavy atom. The molecule has 0 aliphatic heterocycles. The van der Waals surface area contributed by atoms with Gasteiger partial charge in [-0.2, -0.15) is 0 Å². The maximum absolute atomic E-state index is 5.47. The Kier molecular flexibility index (Phi) is 6.73. The molecule has 0 radical (unpaired) electrons. The van der Waals surface area contributed by atoms with Crippen LogP contribution in [-0.2, 0) is 6.54 Å². The lowest BCUT2D eigenvalue weighted by atomic mass is 10.2. The summed E-state index contributed by atoms with van der Waals surface area (Å²) in [7, 11) is 3.25. The minimum Gasteiger partial charge on any atom is -0.494 e. The molecule has 7 heteroatoms. The Hall–Kier alpha value is -3.48. The zero-order chi connectivity index (χ0) is 20.6. The molecule has 29 heavy (non-hydrogen) atoms. The van der Waals surface area contributed by atoms with Gasteiger partial charge in [-0.1, -0.05) is 6.07 Å². The Balaban J connectivity index is 1.69. The number of nitrogens with zero attached hydrogens (tertiary/aromatic N) is 2. The number of rotatable bonds is 9. The highest BCUT2D eigenvalue weighted by atomic mass is 16.5. The van der Waals surface area contributed by atoms with Gasteiger partial charge in [-0.15, -0.1) is 0 Å². The van der Waals surface area contributed by atoms with Crippen molar-refractivity contribution in [3.05, 3.63) is 59.9 Å². The standard InChI is InChI=1S/C22H26N4O3/c1-5-29-18-9-7-17(8-10-18)26-22-13-21(24-15(2)25-22)23-14-16-6-11-19(27-3)20(12-16)28-4/h6-13H,5,14H2,1-4H3,(H2,23,24,25,26). The molecule has 7 nitrogen and oxygen atoms in total. The first kappa shape index (κ1) is 20.3. The quantitative estimate of drug-likeness (QED) is 0.551. The molecule has 0 bridgehead atoms. The van der Waals surface area contributed by atoms with E-state index in [1.54, 1.807) is 14.2 Å². The van der Waals surface area contributed by atoms with Crippen molar-refractivity contribution in [1.82, 2.24) is 9.97 Å². The zero-order valence-corrected chi connectivity index (χ0v) is 17.2. The summed E-state index contributed by atoms with van der Waals surface area (Å²) in [6.07, 6.45) is 0. The van der Waals surface area contributed by atoms with Crippen molar-refractivity contribution < 1.29 is 14.2 Å².